The number of ether oxygens (including phenoxy) is 1. The molecule has 0 radical (unpaired) electrons. The first-order valence-electron chi connectivity index (χ1n) is 6.28. The second-order valence-electron chi connectivity index (χ2n) is 4.37. The second kappa shape index (κ2) is 7.08. The molecule has 0 saturated carbocycles. The molecule has 1 heterocycles. The standard InChI is InChI=1S/C15H15BrN2O3/c1-21-13-4-2-11(3-5-13)10-18(15(19)20)14-8-12(9-16)6-7-17-14/h2-8H,9-10H2,1H3,(H,19,20). The fourth-order valence-corrected chi connectivity index (χ4v) is 2.20. The number of alkyl halides is 1. The molecule has 0 aliphatic carbocycles. The largest absolute Gasteiger partial charge is 0.497 e. The number of carboxylic acid groups (broad SMARTS) is 1. The van der Waals surface area contributed by atoms with E-state index in [9.17, 15) is 9.90 Å². The highest BCUT2D eigenvalue weighted by atomic mass is 79.9. The number of methoxy groups -OCH3 is 1. The van der Waals surface area contributed by atoms with E-state index in [4.69, 9.17) is 4.74 Å². The van der Waals surface area contributed by atoms with Gasteiger partial charge < -0.3 is 9.84 Å². The first-order valence-corrected chi connectivity index (χ1v) is 7.40. The molecule has 0 unspecified atom stereocenters. The summed E-state index contributed by atoms with van der Waals surface area (Å²) < 4.78 is 5.09. The van der Waals surface area contributed by atoms with Crippen LogP contribution in [0.25, 0.3) is 0 Å². The van der Waals surface area contributed by atoms with Crippen LogP contribution >= 0.6 is 15.9 Å². The van der Waals surface area contributed by atoms with Gasteiger partial charge in [-0.05, 0) is 35.4 Å². The smallest absolute Gasteiger partial charge is 0.413 e. The molecule has 0 saturated heterocycles. The molecule has 6 heteroatoms. The first-order chi connectivity index (χ1) is 10.1. The second-order valence-corrected chi connectivity index (χ2v) is 4.93. The molecular weight excluding hydrogens is 336 g/mol. The maximum atomic E-state index is 11.5. The first kappa shape index (κ1) is 15.3. The van der Waals surface area contributed by atoms with Crippen LogP contribution in [0.4, 0.5) is 10.6 Å². The predicted molar refractivity (Wildman–Crippen MR) is 84.1 cm³/mol. The number of anilines is 1. The van der Waals surface area contributed by atoms with E-state index < -0.39 is 6.09 Å². The zero-order chi connectivity index (χ0) is 15.2. The van der Waals surface area contributed by atoms with Crippen molar-refractivity contribution >= 4 is 27.8 Å². The predicted octanol–water partition coefficient (Wildman–Crippen LogP) is 3.67. The quantitative estimate of drug-likeness (QED) is 0.835. The summed E-state index contributed by atoms with van der Waals surface area (Å²) in [6.07, 6.45) is 0.570. The Hall–Kier alpha value is -2.08. The average molecular weight is 351 g/mol. The number of hydrogen-bond acceptors (Lipinski definition) is 3. The molecule has 0 spiro atoms. The van der Waals surface area contributed by atoms with Crippen molar-refractivity contribution in [2.45, 2.75) is 11.9 Å². The van der Waals surface area contributed by atoms with Crippen LogP contribution in [-0.2, 0) is 11.9 Å². The Kier molecular flexibility index (Phi) is 5.16. The average Bonchev–Trinajstić information content (AvgIpc) is 2.53. The molecular formula is C15H15BrN2O3. The van der Waals surface area contributed by atoms with Crippen LogP contribution in [0.2, 0.25) is 0 Å². The SMILES string of the molecule is COc1ccc(CN(C(=O)O)c2cc(CBr)ccn2)cc1. The third-order valence-electron chi connectivity index (χ3n) is 2.97. The topological polar surface area (TPSA) is 62.7 Å². The van der Waals surface area contributed by atoms with Gasteiger partial charge in [-0.3, -0.25) is 4.90 Å². The molecule has 1 aromatic carbocycles. The Balaban J connectivity index is 2.23. The van der Waals surface area contributed by atoms with Crippen molar-refractivity contribution in [3.63, 3.8) is 0 Å². The molecule has 1 aromatic heterocycles. The third kappa shape index (κ3) is 3.95. The highest BCUT2D eigenvalue weighted by molar-refractivity contribution is 9.08. The van der Waals surface area contributed by atoms with Gasteiger partial charge >= 0.3 is 6.09 Å². The molecule has 2 aromatic rings. The Labute approximate surface area is 131 Å². The van der Waals surface area contributed by atoms with E-state index in [-0.39, 0.29) is 6.54 Å². The van der Waals surface area contributed by atoms with Crippen molar-refractivity contribution in [3.05, 3.63) is 53.7 Å². The highest BCUT2D eigenvalue weighted by Crippen LogP contribution is 2.19. The van der Waals surface area contributed by atoms with Crippen LogP contribution in [0.1, 0.15) is 11.1 Å². The molecule has 0 fully saturated rings. The summed E-state index contributed by atoms with van der Waals surface area (Å²) in [7, 11) is 1.59. The zero-order valence-corrected chi connectivity index (χ0v) is 13.1. The summed E-state index contributed by atoms with van der Waals surface area (Å²) in [4.78, 5) is 16.8. The van der Waals surface area contributed by atoms with E-state index >= 15 is 0 Å². The Morgan fingerprint density at radius 2 is 2.00 bits per heavy atom. The van der Waals surface area contributed by atoms with Crippen LogP contribution in [0.5, 0.6) is 5.75 Å². The number of rotatable bonds is 5. The monoisotopic (exact) mass is 350 g/mol. The number of hydrogen-bond donors (Lipinski definition) is 1. The minimum atomic E-state index is -1.04. The summed E-state index contributed by atoms with van der Waals surface area (Å²) in [6, 6.07) is 10.9. The lowest BCUT2D eigenvalue weighted by molar-refractivity contribution is 0.201. The van der Waals surface area contributed by atoms with Gasteiger partial charge in [0.15, 0.2) is 0 Å². The number of benzene rings is 1. The molecule has 0 bridgehead atoms. The van der Waals surface area contributed by atoms with Crippen molar-refractivity contribution in [1.82, 2.24) is 4.98 Å². The molecule has 1 N–H and O–H groups in total. The maximum absolute atomic E-state index is 11.5. The summed E-state index contributed by atoms with van der Waals surface area (Å²) in [5, 5.41) is 10.1. The van der Waals surface area contributed by atoms with Crippen molar-refractivity contribution in [3.8, 4) is 5.75 Å². The Morgan fingerprint density at radius 1 is 1.29 bits per heavy atom. The van der Waals surface area contributed by atoms with Crippen molar-refractivity contribution in [1.29, 1.82) is 0 Å². The summed E-state index contributed by atoms with van der Waals surface area (Å²) in [5.41, 5.74) is 1.84. The van der Waals surface area contributed by atoms with E-state index in [2.05, 4.69) is 20.9 Å². The third-order valence-corrected chi connectivity index (χ3v) is 3.62. The number of pyridine rings is 1. The van der Waals surface area contributed by atoms with Crippen LogP contribution in [0.3, 0.4) is 0 Å². The lowest BCUT2D eigenvalue weighted by Gasteiger charge is -2.19. The van der Waals surface area contributed by atoms with Gasteiger partial charge in [-0.25, -0.2) is 9.78 Å². The molecule has 0 atom stereocenters. The minimum absolute atomic E-state index is 0.234. The zero-order valence-electron chi connectivity index (χ0n) is 11.5. The van der Waals surface area contributed by atoms with E-state index in [0.29, 0.717) is 11.1 Å². The van der Waals surface area contributed by atoms with E-state index in [1.807, 2.05) is 18.2 Å². The van der Waals surface area contributed by atoms with E-state index in [1.54, 1.807) is 31.5 Å². The van der Waals surface area contributed by atoms with Crippen molar-refractivity contribution < 1.29 is 14.6 Å². The minimum Gasteiger partial charge on any atom is -0.497 e. The maximum Gasteiger partial charge on any atom is 0.413 e. The van der Waals surface area contributed by atoms with Gasteiger partial charge in [0.05, 0.1) is 13.7 Å². The fraction of sp³-hybridized carbons (Fsp3) is 0.200. The molecule has 5 nitrogen and oxygen atoms in total. The Morgan fingerprint density at radius 3 is 2.57 bits per heavy atom. The van der Waals surface area contributed by atoms with Crippen molar-refractivity contribution in [2.75, 3.05) is 12.0 Å². The molecule has 0 aliphatic rings. The van der Waals surface area contributed by atoms with Crippen LogP contribution < -0.4 is 9.64 Å². The van der Waals surface area contributed by atoms with Crippen LogP contribution in [0, 0.1) is 0 Å². The van der Waals surface area contributed by atoms with E-state index in [1.165, 1.54) is 4.90 Å². The molecule has 2 rings (SSSR count). The van der Waals surface area contributed by atoms with Gasteiger partial charge in [-0.15, -0.1) is 0 Å². The van der Waals surface area contributed by atoms with Gasteiger partial charge in [-0.1, -0.05) is 28.1 Å². The number of halogens is 1. The normalized spacial score (nSPS) is 10.2. The lowest BCUT2D eigenvalue weighted by atomic mass is 10.2. The van der Waals surface area contributed by atoms with Gasteiger partial charge in [0, 0.05) is 11.5 Å². The van der Waals surface area contributed by atoms with Gasteiger partial charge in [0.1, 0.15) is 11.6 Å². The van der Waals surface area contributed by atoms with Crippen LogP contribution in [0.15, 0.2) is 42.6 Å². The number of amides is 1. The summed E-state index contributed by atoms with van der Waals surface area (Å²) in [6.45, 7) is 0.234. The molecule has 1 amide bonds. The number of carbonyl (C=O) groups is 1. The number of aromatic nitrogens is 1. The number of nitrogens with zero attached hydrogens (tertiary/aromatic N) is 2. The molecule has 21 heavy (non-hydrogen) atoms. The summed E-state index contributed by atoms with van der Waals surface area (Å²) >= 11 is 3.35. The van der Waals surface area contributed by atoms with Gasteiger partial charge in [-0.2, -0.15) is 0 Å². The lowest BCUT2D eigenvalue weighted by Crippen LogP contribution is -2.29. The molecule has 0 aliphatic heterocycles. The highest BCUT2D eigenvalue weighted by Gasteiger charge is 2.16. The molecule has 110 valence electrons. The van der Waals surface area contributed by atoms with Crippen molar-refractivity contribution in [2.24, 2.45) is 0 Å². The van der Waals surface area contributed by atoms with Gasteiger partial charge in [0.2, 0.25) is 0 Å². The Bertz CT molecular complexity index is 617. The fourth-order valence-electron chi connectivity index (χ4n) is 1.85. The van der Waals surface area contributed by atoms with Gasteiger partial charge in [0.25, 0.3) is 0 Å². The van der Waals surface area contributed by atoms with Crippen LogP contribution in [-0.4, -0.2) is 23.3 Å². The summed E-state index contributed by atoms with van der Waals surface area (Å²) in [5.74, 6) is 1.15. The van der Waals surface area contributed by atoms with E-state index in [0.717, 1.165) is 16.9 Å².